The highest BCUT2D eigenvalue weighted by atomic mass is 19.1. The smallest absolute Gasteiger partial charge is 0.314 e. The molecule has 28 heavy (non-hydrogen) atoms. The van der Waals surface area contributed by atoms with Crippen LogP contribution in [0.15, 0.2) is 18.2 Å². The van der Waals surface area contributed by atoms with Crippen LogP contribution in [-0.4, -0.2) is 49.6 Å². The summed E-state index contributed by atoms with van der Waals surface area (Å²) in [4.78, 5) is 38.0. The van der Waals surface area contributed by atoms with Gasteiger partial charge in [0.25, 0.3) is 0 Å². The molecule has 1 heterocycles. The minimum atomic E-state index is -1.12. The van der Waals surface area contributed by atoms with E-state index in [1.54, 1.807) is 6.92 Å². The Hall–Kier alpha value is -2.51. The molecule has 0 N–H and O–H groups in total. The molecule has 1 aromatic rings. The maximum Gasteiger partial charge on any atom is 0.314 e. The Morgan fingerprint density at radius 2 is 1.96 bits per heavy atom. The van der Waals surface area contributed by atoms with Crippen LogP contribution in [0.2, 0.25) is 0 Å². The largest absolute Gasteiger partial charge is 0.469 e. The highest BCUT2D eigenvalue weighted by Crippen LogP contribution is 2.36. The molecule has 0 spiro atoms. The number of amides is 1. The summed E-state index contributed by atoms with van der Waals surface area (Å²) in [6.45, 7) is 2.32. The number of rotatable bonds is 7. The van der Waals surface area contributed by atoms with Gasteiger partial charge in [0.2, 0.25) is 5.91 Å². The van der Waals surface area contributed by atoms with E-state index in [9.17, 15) is 23.2 Å². The molecule has 0 aromatic heterocycles. The normalized spacial score (nSPS) is 19.2. The number of carbonyl (C=O) groups excluding carboxylic acids is 3. The first-order valence-corrected chi connectivity index (χ1v) is 9.27. The second kappa shape index (κ2) is 9.61. The third-order valence-electron chi connectivity index (χ3n) is 4.95. The van der Waals surface area contributed by atoms with Gasteiger partial charge in [0, 0.05) is 25.6 Å². The number of ether oxygens (including phenoxy) is 2. The molecule has 8 heteroatoms. The number of hydrogen-bond acceptors (Lipinski definition) is 5. The lowest BCUT2D eigenvalue weighted by Gasteiger charge is -2.41. The number of carbonyl (C=O) groups is 3. The molecular weight excluding hydrogens is 372 g/mol. The Morgan fingerprint density at radius 3 is 2.61 bits per heavy atom. The minimum Gasteiger partial charge on any atom is -0.469 e. The van der Waals surface area contributed by atoms with E-state index in [1.165, 1.54) is 18.1 Å². The summed E-state index contributed by atoms with van der Waals surface area (Å²) in [7, 11) is 1.25. The van der Waals surface area contributed by atoms with Crippen molar-refractivity contribution in [2.24, 2.45) is 5.41 Å². The molecule has 2 rings (SSSR count). The molecule has 6 nitrogen and oxygen atoms in total. The predicted octanol–water partition coefficient (Wildman–Crippen LogP) is 2.63. The first-order valence-electron chi connectivity index (χ1n) is 9.27. The lowest BCUT2D eigenvalue weighted by atomic mass is 9.74. The van der Waals surface area contributed by atoms with Crippen LogP contribution in [0.1, 0.15) is 38.2 Å². The average Bonchev–Trinajstić information content (AvgIpc) is 2.68. The van der Waals surface area contributed by atoms with Crippen LogP contribution in [0.5, 0.6) is 0 Å². The van der Waals surface area contributed by atoms with Gasteiger partial charge >= 0.3 is 11.9 Å². The van der Waals surface area contributed by atoms with Crippen LogP contribution < -0.4 is 0 Å². The van der Waals surface area contributed by atoms with Crippen molar-refractivity contribution < 1.29 is 32.6 Å². The molecule has 1 aromatic carbocycles. The van der Waals surface area contributed by atoms with Crippen molar-refractivity contribution >= 4 is 17.8 Å². The van der Waals surface area contributed by atoms with E-state index in [-0.39, 0.29) is 43.9 Å². The van der Waals surface area contributed by atoms with Gasteiger partial charge in [-0.15, -0.1) is 0 Å². The number of nitrogens with zero attached hydrogens (tertiary/aromatic N) is 1. The highest BCUT2D eigenvalue weighted by Gasteiger charge is 2.45. The van der Waals surface area contributed by atoms with Crippen molar-refractivity contribution in [2.45, 2.75) is 39.0 Å². The number of methoxy groups -OCH3 is 1. The number of hydrogen-bond donors (Lipinski definition) is 0. The second-order valence-electron chi connectivity index (χ2n) is 6.91. The molecule has 154 valence electrons. The molecule has 1 aliphatic rings. The van der Waals surface area contributed by atoms with E-state index in [0.717, 1.165) is 12.1 Å². The average molecular weight is 397 g/mol. The zero-order valence-corrected chi connectivity index (χ0v) is 16.1. The number of halogens is 2. The number of benzene rings is 1. The summed E-state index contributed by atoms with van der Waals surface area (Å²) in [6.07, 6.45) is 0.870. The monoisotopic (exact) mass is 397 g/mol. The van der Waals surface area contributed by atoms with E-state index in [0.29, 0.717) is 19.4 Å². The molecule has 0 unspecified atom stereocenters. The number of esters is 2. The first-order chi connectivity index (χ1) is 13.3. The SMILES string of the molecule is CCOC(=O)[C@@]1(Cc2ccc(F)cc2F)CCCN(C(=O)CCC(=O)OC)C1. The second-order valence-corrected chi connectivity index (χ2v) is 6.91. The van der Waals surface area contributed by atoms with Gasteiger partial charge in [0.15, 0.2) is 0 Å². The predicted molar refractivity (Wildman–Crippen MR) is 96.2 cm³/mol. The molecule has 1 amide bonds. The van der Waals surface area contributed by atoms with Crippen molar-refractivity contribution in [3.05, 3.63) is 35.4 Å². The topological polar surface area (TPSA) is 72.9 Å². The van der Waals surface area contributed by atoms with Crippen LogP contribution >= 0.6 is 0 Å². The van der Waals surface area contributed by atoms with Crippen LogP contribution in [0.3, 0.4) is 0 Å². The summed E-state index contributed by atoms with van der Waals surface area (Å²) >= 11 is 0. The quantitative estimate of drug-likeness (QED) is 0.662. The van der Waals surface area contributed by atoms with Gasteiger partial charge in [0.05, 0.1) is 25.6 Å². The van der Waals surface area contributed by atoms with E-state index in [2.05, 4.69) is 4.74 Å². The van der Waals surface area contributed by atoms with Gasteiger partial charge < -0.3 is 14.4 Å². The van der Waals surface area contributed by atoms with Crippen LogP contribution in [0, 0.1) is 17.0 Å². The molecule has 0 radical (unpaired) electrons. The maximum atomic E-state index is 14.2. The van der Waals surface area contributed by atoms with Gasteiger partial charge in [-0.25, -0.2) is 8.78 Å². The first kappa shape index (κ1) is 21.8. The van der Waals surface area contributed by atoms with Crippen molar-refractivity contribution in [3.63, 3.8) is 0 Å². The fraction of sp³-hybridized carbons (Fsp3) is 0.550. The Labute approximate surface area is 162 Å². The molecule has 0 aliphatic carbocycles. The Bertz CT molecular complexity index is 739. The van der Waals surface area contributed by atoms with Crippen molar-refractivity contribution in [3.8, 4) is 0 Å². The molecule has 0 saturated carbocycles. The minimum absolute atomic E-state index is 0.00126. The lowest BCUT2D eigenvalue weighted by Crippen LogP contribution is -2.51. The van der Waals surface area contributed by atoms with Crippen molar-refractivity contribution in [2.75, 3.05) is 26.8 Å². The zero-order chi connectivity index (χ0) is 20.7. The molecular formula is C20H25F2NO5. The third kappa shape index (κ3) is 5.27. The third-order valence-corrected chi connectivity index (χ3v) is 4.95. The maximum absolute atomic E-state index is 14.2. The van der Waals surface area contributed by atoms with Gasteiger partial charge in [-0.2, -0.15) is 0 Å². The summed E-state index contributed by atoms with van der Waals surface area (Å²) in [6, 6.07) is 3.22. The van der Waals surface area contributed by atoms with E-state index >= 15 is 0 Å². The summed E-state index contributed by atoms with van der Waals surface area (Å²) < 4.78 is 37.2. The Balaban J connectivity index is 2.22. The zero-order valence-electron chi connectivity index (χ0n) is 16.1. The molecule has 0 bridgehead atoms. The lowest BCUT2D eigenvalue weighted by molar-refractivity contribution is -0.161. The van der Waals surface area contributed by atoms with Crippen molar-refractivity contribution in [1.29, 1.82) is 0 Å². The van der Waals surface area contributed by atoms with Crippen molar-refractivity contribution in [1.82, 2.24) is 4.90 Å². The number of piperidine rings is 1. The van der Waals surface area contributed by atoms with Gasteiger partial charge in [-0.05, 0) is 37.8 Å². The van der Waals surface area contributed by atoms with Crippen LogP contribution in [0.4, 0.5) is 8.78 Å². The van der Waals surface area contributed by atoms with E-state index in [1.807, 2.05) is 0 Å². The highest BCUT2D eigenvalue weighted by molar-refractivity contribution is 5.83. The summed E-state index contributed by atoms with van der Waals surface area (Å²) in [5.41, 5.74) is -0.924. The van der Waals surface area contributed by atoms with Gasteiger partial charge in [0.1, 0.15) is 11.6 Å². The van der Waals surface area contributed by atoms with Gasteiger partial charge in [-0.1, -0.05) is 6.07 Å². The Kier molecular flexibility index (Phi) is 7.48. The van der Waals surface area contributed by atoms with Crippen LogP contribution in [0.25, 0.3) is 0 Å². The van der Waals surface area contributed by atoms with Gasteiger partial charge in [-0.3, -0.25) is 14.4 Å². The van der Waals surface area contributed by atoms with E-state index < -0.39 is 29.0 Å². The standard InChI is InChI=1S/C20H25F2NO5/c1-3-28-19(26)20(12-14-5-6-15(21)11-16(14)22)9-4-10-23(13-20)17(24)7-8-18(25)27-2/h5-6,11H,3-4,7-10,12-13H2,1-2H3/t20-/m1/s1. The molecule has 1 fully saturated rings. The fourth-order valence-electron chi connectivity index (χ4n) is 3.51. The molecule has 1 atom stereocenters. The summed E-state index contributed by atoms with van der Waals surface area (Å²) in [5.74, 6) is -2.72. The summed E-state index contributed by atoms with van der Waals surface area (Å²) in [5, 5.41) is 0. The number of likely N-dealkylation sites (tertiary alicyclic amines) is 1. The van der Waals surface area contributed by atoms with E-state index in [4.69, 9.17) is 4.74 Å². The fourth-order valence-corrected chi connectivity index (χ4v) is 3.51. The van der Waals surface area contributed by atoms with Crippen LogP contribution in [-0.2, 0) is 30.3 Å². The Morgan fingerprint density at radius 1 is 1.21 bits per heavy atom. The molecule has 1 aliphatic heterocycles. The molecule has 1 saturated heterocycles.